The number of hydrogen-bond donors (Lipinski definition) is 6. The number of anilines is 1. The largest absolute Gasteiger partial charge is 0.401 e. The topological polar surface area (TPSA) is 140 Å². The van der Waals surface area contributed by atoms with Crippen molar-refractivity contribution >= 4 is 23.4 Å². The van der Waals surface area contributed by atoms with Gasteiger partial charge in [0, 0.05) is 22.4 Å². The van der Waals surface area contributed by atoms with E-state index in [0.29, 0.717) is 16.8 Å². The summed E-state index contributed by atoms with van der Waals surface area (Å²) in [6.07, 6.45) is -5.63. The van der Waals surface area contributed by atoms with Crippen molar-refractivity contribution in [2.75, 3.05) is 18.4 Å². The number of benzene rings is 2. The summed E-state index contributed by atoms with van der Waals surface area (Å²) in [5, 5.41) is 25.1. The van der Waals surface area contributed by atoms with E-state index in [2.05, 4.69) is 22.5 Å². The zero-order valence-electron chi connectivity index (χ0n) is 18.4. The smallest absolute Gasteiger partial charge is 0.391 e. The summed E-state index contributed by atoms with van der Waals surface area (Å²) in [6, 6.07) is 11.1. The summed E-state index contributed by atoms with van der Waals surface area (Å²) in [6.45, 7) is -0.456. The summed E-state index contributed by atoms with van der Waals surface area (Å²) in [7, 11) is 0. The molecule has 6 N–H and O–H groups in total. The highest BCUT2D eigenvalue weighted by molar-refractivity contribution is 5.97. The molecular formula is C23H23F3N4O5. The molecule has 0 saturated heterocycles. The first-order valence-electron chi connectivity index (χ1n) is 10.2. The van der Waals surface area contributed by atoms with E-state index in [4.69, 9.17) is 5.21 Å². The van der Waals surface area contributed by atoms with Gasteiger partial charge < -0.3 is 21.1 Å². The summed E-state index contributed by atoms with van der Waals surface area (Å²) in [5.41, 5.74) is 3.17. The van der Waals surface area contributed by atoms with E-state index in [0.717, 1.165) is 0 Å². The SMILES string of the molecule is CC(O)C(NC(=O)c1ccc(C#Cc2ccc(NC(=O)CNCC(F)(F)F)cc2)cc1)C(=O)NO. The first-order chi connectivity index (χ1) is 16.5. The first kappa shape index (κ1) is 27.3. The Morgan fingerprint density at radius 1 is 0.971 bits per heavy atom. The minimum atomic E-state index is -4.40. The summed E-state index contributed by atoms with van der Waals surface area (Å²) < 4.78 is 36.3. The molecule has 2 aromatic carbocycles. The molecule has 0 aromatic heterocycles. The number of carbonyl (C=O) groups is 3. The molecule has 0 aliphatic heterocycles. The Morgan fingerprint density at radius 3 is 2.00 bits per heavy atom. The standard InChI is InChI=1S/C23H23F3N4O5/c1-14(31)20(22(34)30-35)29-21(33)17-8-4-15(5-9-17)2-3-16-6-10-18(11-7-16)28-19(32)12-27-13-23(24,25)26/h4-11,14,20,27,31,35H,12-13H2,1H3,(H,28,32)(H,29,33)(H,30,34). The van der Waals surface area contributed by atoms with Gasteiger partial charge in [0.2, 0.25) is 5.91 Å². The van der Waals surface area contributed by atoms with E-state index >= 15 is 0 Å². The maximum atomic E-state index is 12.3. The molecular weight excluding hydrogens is 469 g/mol. The molecule has 0 bridgehead atoms. The molecule has 0 heterocycles. The molecule has 0 spiro atoms. The van der Waals surface area contributed by atoms with Crippen molar-refractivity contribution in [3.8, 4) is 11.8 Å². The highest BCUT2D eigenvalue weighted by Gasteiger charge is 2.27. The van der Waals surface area contributed by atoms with Crippen molar-refractivity contribution < 1.29 is 37.9 Å². The fraction of sp³-hybridized carbons (Fsp3) is 0.261. The monoisotopic (exact) mass is 492 g/mol. The third-order valence-electron chi connectivity index (χ3n) is 4.44. The van der Waals surface area contributed by atoms with Crippen molar-refractivity contribution in [3.05, 3.63) is 65.2 Å². The van der Waals surface area contributed by atoms with Gasteiger partial charge in [-0.05, 0) is 55.5 Å². The molecule has 0 aliphatic rings. The van der Waals surface area contributed by atoms with Crippen LogP contribution in [0.2, 0.25) is 0 Å². The van der Waals surface area contributed by atoms with Crippen LogP contribution in [-0.4, -0.2) is 59.4 Å². The van der Waals surface area contributed by atoms with Crippen molar-refractivity contribution in [2.24, 2.45) is 0 Å². The Kier molecular flexibility index (Phi) is 9.77. The zero-order valence-corrected chi connectivity index (χ0v) is 18.4. The lowest BCUT2D eigenvalue weighted by Gasteiger charge is -2.19. The first-order valence-corrected chi connectivity index (χ1v) is 10.2. The van der Waals surface area contributed by atoms with Crippen LogP contribution in [-0.2, 0) is 9.59 Å². The van der Waals surface area contributed by atoms with Crippen LogP contribution in [0.15, 0.2) is 48.5 Å². The molecule has 2 unspecified atom stereocenters. The van der Waals surface area contributed by atoms with Crippen LogP contribution >= 0.6 is 0 Å². The van der Waals surface area contributed by atoms with Crippen LogP contribution in [0.1, 0.15) is 28.4 Å². The molecule has 9 nitrogen and oxygen atoms in total. The van der Waals surface area contributed by atoms with Crippen molar-refractivity contribution in [1.82, 2.24) is 16.1 Å². The molecule has 0 fully saturated rings. The maximum absolute atomic E-state index is 12.3. The second-order valence-electron chi connectivity index (χ2n) is 7.34. The molecule has 0 aliphatic carbocycles. The second kappa shape index (κ2) is 12.5. The maximum Gasteiger partial charge on any atom is 0.401 e. The average Bonchev–Trinajstić information content (AvgIpc) is 2.80. The van der Waals surface area contributed by atoms with Crippen molar-refractivity contribution in [1.29, 1.82) is 0 Å². The molecule has 2 atom stereocenters. The second-order valence-corrected chi connectivity index (χ2v) is 7.34. The summed E-state index contributed by atoms with van der Waals surface area (Å²) in [4.78, 5) is 35.5. The Balaban J connectivity index is 1.93. The summed E-state index contributed by atoms with van der Waals surface area (Å²) >= 11 is 0. The number of alkyl halides is 3. The van der Waals surface area contributed by atoms with Crippen LogP contribution in [0.25, 0.3) is 0 Å². The Labute approximate surface area is 198 Å². The molecule has 12 heteroatoms. The van der Waals surface area contributed by atoms with Gasteiger partial charge in [0.25, 0.3) is 11.8 Å². The molecule has 0 radical (unpaired) electrons. The number of hydrogen-bond acceptors (Lipinski definition) is 6. The predicted octanol–water partition coefficient (Wildman–Crippen LogP) is 1.16. The molecule has 2 rings (SSSR count). The molecule has 2 aromatic rings. The number of aliphatic hydroxyl groups excluding tert-OH is 1. The predicted molar refractivity (Wildman–Crippen MR) is 119 cm³/mol. The Hall–Kier alpha value is -3.92. The number of hydroxylamine groups is 1. The van der Waals surface area contributed by atoms with E-state index in [9.17, 15) is 32.7 Å². The van der Waals surface area contributed by atoms with Crippen LogP contribution in [0.5, 0.6) is 0 Å². The number of amides is 3. The molecule has 0 saturated carbocycles. The van der Waals surface area contributed by atoms with Crippen LogP contribution in [0.3, 0.4) is 0 Å². The number of halogens is 3. The third-order valence-corrected chi connectivity index (χ3v) is 4.44. The van der Waals surface area contributed by atoms with E-state index in [1.807, 2.05) is 5.32 Å². The lowest BCUT2D eigenvalue weighted by molar-refractivity contribution is -0.133. The van der Waals surface area contributed by atoms with E-state index in [-0.39, 0.29) is 5.56 Å². The van der Waals surface area contributed by atoms with Gasteiger partial charge in [-0.15, -0.1) is 0 Å². The fourth-order valence-corrected chi connectivity index (χ4v) is 2.71. The Morgan fingerprint density at radius 2 is 1.51 bits per heavy atom. The van der Waals surface area contributed by atoms with Crippen LogP contribution in [0, 0.1) is 11.8 Å². The quantitative estimate of drug-likeness (QED) is 0.186. The van der Waals surface area contributed by atoms with Crippen LogP contribution < -0.4 is 21.4 Å². The normalized spacial score (nSPS) is 12.5. The lowest BCUT2D eigenvalue weighted by atomic mass is 10.1. The van der Waals surface area contributed by atoms with Crippen molar-refractivity contribution in [2.45, 2.75) is 25.2 Å². The van der Waals surface area contributed by atoms with Gasteiger partial charge in [-0.2, -0.15) is 13.2 Å². The third kappa shape index (κ3) is 9.46. The number of rotatable bonds is 8. The van der Waals surface area contributed by atoms with Crippen molar-refractivity contribution in [3.63, 3.8) is 0 Å². The van der Waals surface area contributed by atoms with Gasteiger partial charge in [-0.3, -0.25) is 19.6 Å². The van der Waals surface area contributed by atoms with Gasteiger partial charge in [-0.25, -0.2) is 5.48 Å². The number of aliphatic hydroxyl groups is 1. The molecule has 35 heavy (non-hydrogen) atoms. The number of carbonyl (C=O) groups excluding carboxylic acids is 3. The fourth-order valence-electron chi connectivity index (χ4n) is 2.71. The minimum Gasteiger partial charge on any atom is -0.391 e. The minimum absolute atomic E-state index is 0.205. The van der Waals surface area contributed by atoms with Gasteiger partial charge in [0.1, 0.15) is 6.04 Å². The van der Waals surface area contributed by atoms with Gasteiger partial charge >= 0.3 is 6.18 Å². The summed E-state index contributed by atoms with van der Waals surface area (Å²) in [5.74, 6) is 3.58. The van der Waals surface area contributed by atoms with Gasteiger partial charge in [-0.1, -0.05) is 11.8 Å². The average molecular weight is 492 g/mol. The van der Waals surface area contributed by atoms with Crippen LogP contribution in [0.4, 0.5) is 18.9 Å². The molecule has 3 amide bonds. The highest BCUT2D eigenvalue weighted by Crippen LogP contribution is 2.12. The Bertz CT molecular complexity index is 1090. The number of nitrogens with one attached hydrogen (secondary N) is 4. The van der Waals surface area contributed by atoms with Gasteiger partial charge in [0.05, 0.1) is 19.2 Å². The zero-order chi connectivity index (χ0) is 26.0. The highest BCUT2D eigenvalue weighted by atomic mass is 19.4. The van der Waals surface area contributed by atoms with Gasteiger partial charge in [0.15, 0.2) is 0 Å². The lowest BCUT2D eigenvalue weighted by Crippen LogP contribution is -2.51. The van der Waals surface area contributed by atoms with E-state index < -0.39 is 49.1 Å². The molecule has 186 valence electrons. The van der Waals surface area contributed by atoms with E-state index in [1.165, 1.54) is 24.5 Å². The van der Waals surface area contributed by atoms with E-state index in [1.54, 1.807) is 36.4 Å².